The Morgan fingerprint density at radius 3 is 2.67 bits per heavy atom. The largest absolute Gasteiger partial charge is 0.489 e. The van der Waals surface area contributed by atoms with Gasteiger partial charge in [0.05, 0.1) is 34.6 Å². The van der Waals surface area contributed by atoms with Crippen LogP contribution in [0.25, 0.3) is 0 Å². The number of ketones is 1. The molecular weight excluding hydrogens is 288 g/mol. The molecule has 1 unspecified atom stereocenters. The number of hydrogen-bond donors (Lipinski definition) is 0. The maximum atomic E-state index is 12.7. The van der Waals surface area contributed by atoms with E-state index in [1.165, 1.54) is 18.6 Å². The van der Waals surface area contributed by atoms with Gasteiger partial charge in [-0.25, -0.2) is 4.21 Å². The van der Waals surface area contributed by atoms with Crippen molar-refractivity contribution in [1.29, 1.82) is 0 Å². The zero-order chi connectivity index (χ0) is 14.8. The van der Waals surface area contributed by atoms with Crippen molar-refractivity contribution in [2.75, 3.05) is 0 Å². The molecule has 1 aromatic carbocycles. The van der Waals surface area contributed by atoms with Crippen molar-refractivity contribution in [3.05, 3.63) is 60.3 Å². The van der Waals surface area contributed by atoms with Gasteiger partial charge in [-0.1, -0.05) is 17.7 Å². The molecule has 2 heterocycles. The van der Waals surface area contributed by atoms with Crippen LogP contribution in [0.2, 0.25) is 0 Å². The summed E-state index contributed by atoms with van der Waals surface area (Å²) in [6, 6.07) is 9.15. The first-order valence-corrected chi connectivity index (χ1v) is 7.71. The number of carbonyl (C=O) groups excluding carboxylic acids is 1. The minimum atomic E-state index is -1.36. The second-order valence-corrected chi connectivity index (χ2v) is 6.28. The van der Waals surface area contributed by atoms with E-state index in [0.29, 0.717) is 15.6 Å². The molecular formula is C16H14O4S. The molecule has 1 aromatic heterocycles. The minimum absolute atomic E-state index is 0.0327. The Kier molecular flexibility index (Phi) is 3.75. The van der Waals surface area contributed by atoms with Crippen LogP contribution in [0, 0.1) is 6.92 Å². The van der Waals surface area contributed by atoms with Gasteiger partial charge in [0.15, 0.2) is 17.6 Å². The summed E-state index contributed by atoms with van der Waals surface area (Å²) in [6.07, 6.45) is 3.90. The molecule has 0 fully saturated rings. The van der Waals surface area contributed by atoms with Crippen molar-refractivity contribution in [2.45, 2.75) is 29.2 Å². The number of carbonyl (C=O) groups is 1. The topological polar surface area (TPSA) is 56.5 Å². The molecule has 0 spiro atoms. The molecule has 0 saturated heterocycles. The van der Waals surface area contributed by atoms with Crippen LogP contribution < -0.4 is 0 Å². The highest BCUT2D eigenvalue weighted by atomic mass is 32.2. The summed E-state index contributed by atoms with van der Waals surface area (Å²) in [7, 11) is -1.36. The summed E-state index contributed by atoms with van der Waals surface area (Å²) in [5.74, 6) is 0.418. The zero-order valence-corrected chi connectivity index (χ0v) is 12.3. The van der Waals surface area contributed by atoms with Crippen LogP contribution in [-0.2, 0) is 20.3 Å². The first-order chi connectivity index (χ1) is 10.1. The van der Waals surface area contributed by atoms with Gasteiger partial charge in [-0.2, -0.15) is 0 Å². The number of rotatable bonds is 3. The van der Waals surface area contributed by atoms with E-state index in [-0.39, 0.29) is 12.2 Å². The van der Waals surface area contributed by atoms with Crippen LogP contribution in [0.5, 0.6) is 0 Å². The van der Waals surface area contributed by atoms with E-state index in [0.717, 1.165) is 5.56 Å². The molecule has 2 atom stereocenters. The fraction of sp³-hybridized carbons (Fsp3) is 0.188. The number of ether oxygens (including phenoxy) is 1. The molecule has 2 aromatic rings. The molecule has 4 nitrogen and oxygen atoms in total. The maximum Gasteiger partial charge on any atom is 0.164 e. The third kappa shape index (κ3) is 2.83. The molecule has 108 valence electrons. The van der Waals surface area contributed by atoms with Crippen LogP contribution in [0.4, 0.5) is 0 Å². The Labute approximate surface area is 124 Å². The highest BCUT2D eigenvalue weighted by molar-refractivity contribution is 7.85. The van der Waals surface area contributed by atoms with Crippen molar-refractivity contribution in [1.82, 2.24) is 0 Å². The van der Waals surface area contributed by atoms with Gasteiger partial charge in [-0.05, 0) is 25.1 Å². The van der Waals surface area contributed by atoms with Crippen molar-refractivity contribution in [2.24, 2.45) is 0 Å². The Hall–Kier alpha value is -2.14. The third-order valence-electron chi connectivity index (χ3n) is 3.27. The molecule has 5 heteroatoms. The lowest BCUT2D eigenvalue weighted by molar-refractivity contribution is -0.118. The lowest BCUT2D eigenvalue weighted by Gasteiger charge is -2.17. The van der Waals surface area contributed by atoms with E-state index in [1.807, 2.05) is 31.2 Å². The van der Waals surface area contributed by atoms with Crippen molar-refractivity contribution in [3.8, 4) is 0 Å². The predicted molar refractivity (Wildman–Crippen MR) is 77.2 cm³/mol. The van der Waals surface area contributed by atoms with Crippen molar-refractivity contribution >= 4 is 16.6 Å². The maximum absolute atomic E-state index is 12.7. The molecule has 0 N–H and O–H groups in total. The monoisotopic (exact) mass is 302 g/mol. The first-order valence-electron chi connectivity index (χ1n) is 6.56. The van der Waals surface area contributed by atoms with Gasteiger partial charge in [-0.3, -0.25) is 4.79 Å². The van der Waals surface area contributed by atoms with Crippen molar-refractivity contribution in [3.63, 3.8) is 0 Å². The molecule has 1 aliphatic rings. The second-order valence-electron chi connectivity index (χ2n) is 4.83. The normalized spacial score (nSPS) is 19.3. The van der Waals surface area contributed by atoms with Gasteiger partial charge in [0, 0.05) is 11.0 Å². The Morgan fingerprint density at radius 2 is 1.95 bits per heavy atom. The van der Waals surface area contributed by atoms with Crippen molar-refractivity contribution < 1.29 is 18.2 Å². The smallest absolute Gasteiger partial charge is 0.164 e. The highest BCUT2D eigenvalue weighted by Gasteiger charge is 2.27. The van der Waals surface area contributed by atoms with Crippen LogP contribution in [-0.4, -0.2) is 9.99 Å². The molecule has 3 rings (SSSR count). The molecule has 1 aliphatic heterocycles. The standard InChI is InChI=1S/C16H14O4S/c1-11-2-4-13(5-3-11)21(18)15-7-9-20-16(15)14-10-12(17)6-8-19-14/h2-9,14H,10H2,1H3/t14-,21?/m0/s1. The van der Waals surface area contributed by atoms with Gasteiger partial charge in [0.1, 0.15) is 0 Å². The lowest BCUT2D eigenvalue weighted by Crippen LogP contribution is -2.12. The van der Waals surface area contributed by atoms with Gasteiger partial charge >= 0.3 is 0 Å². The van der Waals surface area contributed by atoms with Crippen LogP contribution in [0.1, 0.15) is 23.8 Å². The second kappa shape index (κ2) is 5.69. The Balaban J connectivity index is 1.91. The number of benzene rings is 1. The zero-order valence-electron chi connectivity index (χ0n) is 11.4. The average molecular weight is 302 g/mol. The summed E-state index contributed by atoms with van der Waals surface area (Å²) in [5, 5.41) is 0. The number of furan rings is 1. The first kappa shape index (κ1) is 13.8. The third-order valence-corrected chi connectivity index (χ3v) is 4.70. The summed E-state index contributed by atoms with van der Waals surface area (Å²) < 4.78 is 23.5. The van der Waals surface area contributed by atoms with Gasteiger partial charge in [0.2, 0.25) is 0 Å². The summed E-state index contributed by atoms with van der Waals surface area (Å²) in [4.78, 5) is 12.7. The minimum Gasteiger partial charge on any atom is -0.489 e. The van der Waals surface area contributed by atoms with Crippen LogP contribution in [0.15, 0.2) is 63.1 Å². The predicted octanol–water partition coefficient (Wildman–Crippen LogP) is 3.30. The SMILES string of the molecule is Cc1ccc(S(=O)c2ccoc2[C@@H]2CC(=O)C=CO2)cc1. The molecule has 21 heavy (non-hydrogen) atoms. The molecule has 0 bridgehead atoms. The Morgan fingerprint density at radius 1 is 1.19 bits per heavy atom. The fourth-order valence-electron chi connectivity index (χ4n) is 2.15. The molecule has 0 saturated carbocycles. The van der Waals surface area contributed by atoms with E-state index in [4.69, 9.17) is 9.15 Å². The fourth-order valence-corrected chi connectivity index (χ4v) is 3.33. The average Bonchev–Trinajstić information content (AvgIpc) is 2.97. The number of allylic oxidation sites excluding steroid dienone is 1. The molecule has 0 aliphatic carbocycles. The van der Waals surface area contributed by atoms with Gasteiger partial charge < -0.3 is 9.15 Å². The summed E-state index contributed by atoms with van der Waals surface area (Å²) in [6.45, 7) is 1.98. The molecule has 0 radical (unpaired) electrons. The summed E-state index contributed by atoms with van der Waals surface area (Å²) >= 11 is 0. The van der Waals surface area contributed by atoms with Gasteiger partial charge in [0.25, 0.3) is 0 Å². The highest BCUT2D eigenvalue weighted by Crippen LogP contribution is 2.32. The quantitative estimate of drug-likeness (QED) is 0.873. The van der Waals surface area contributed by atoms with E-state index < -0.39 is 16.9 Å². The number of hydrogen-bond acceptors (Lipinski definition) is 4. The Bertz CT molecular complexity index is 712. The summed E-state index contributed by atoms with van der Waals surface area (Å²) in [5.41, 5.74) is 1.11. The van der Waals surface area contributed by atoms with E-state index in [2.05, 4.69) is 0 Å². The van der Waals surface area contributed by atoms with E-state index in [1.54, 1.807) is 6.07 Å². The lowest BCUT2D eigenvalue weighted by atomic mass is 10.1. The van der Waals surface area contributed by atoms with Crippen LogP contribution in [0.3, 0.4) is 0 Å². The van der Waals surface area contributed by atoms with E-state index in [9.17, 15) is 9.00 Å². The van der Waals surface area contributed by atoms with E-state index >= 15 is 0 Å². The van der Waals surface area contributed by atoms with Gasteiger partial charge in [-0.15, -0.1) is 0 Å². The molecule has 0 amide bonds. The van der Waals surface area contributed by atoms with Crippen LogP contribution >= 0.6 is 0 Å². The number of aryl methyl sites for hydroxylation is 1.